The van der Waals surface area contributed by atoms with Gasteiger partial charge in [0.05, 0.1) is 38.5 Å². The highest BCUT2D eigenvalue weighted by Crippen LogP contribution is 2.41. The molecule has 0 bridgehead atoms. The molecule has 0 saturated heterocycles. The molecule has 15 heteroatoms. The van der Waals surface area contributed by atoms with Crippen molar-refractivity contribution in [2.75, 3.05) is 0 Å². The van der Waals surface area contributed by atoms with Gasteiger partial charge in [-0.25, -0.2) is 0 Å². The van der Waals surface area contributed by atoms with Gasteiger partial charge in [-0.05, 0) is 42.3 Å². The first kappa shape index (κ1) is 33.8. The summed E-state index contributed by atoms with van der Waals surface area (Å²) in [5.74, 6) is -4.46. The average Bonchev–Trinajstić information content (AvgIpc) is 2.79. The van der Waals surface area contributed by atoms with Gasteiger partial charge >= 0.3 is 18.5 Å². The molecule has 0 fully saturated rings. The molecular formula is C25H19Cl3F9NO2. The zero-order valence-corrected chi connectivity index (χ0v) is 22.4. The molecule has 0 spiro atoms. The molecule has 0 heterocycles. The quantitative estimate of drug-likeness (QED) is 0.219. The smallest absolute Gasteiger partial charge is 0.349 e. The average molecular weight is 643 g/mol. The lowest BCUT2D eigenvalue weighted by molar-refractivity contribution is -0.143. The second-order valence-electron chi connectivity index (χ2n) is 8.71. The number of allylic oxidation sites excluding steroid dienone is 1. The highest BCUT2D eigenvalue weighted by molar-refractivity contribution is 6.48. The Labute approximate surface area is 237 Å². The molecule has 220 valence electrons. The summed E-state index contributed by atoms with van der Waals surface area (Å²) in [6.07, 6.45) is -16.0. The minimum atomic E-state index is -5.11. The van der Waals surface area contributed by atoms with Gasteiger partial charge in [-0.3, -0.25) is 9.59 Å². The van der Waals surface area contributed by atoms with Crippen LogP contribution >= 0.6 is 34.8 Å². The maximum atomic E-state index is 13.7. The molecule has 0 aromatic heterocycles. The number of carbonyl (C=O) groups is 2. The summed E-state index contributed by atoms with van der Waals surface area (Å²) in [5, 5.41) is 1.41. The molecule has 0 aliphatic carbocycles. The Hall–Kier alpha value is -2.44. The van der Waals surface area contributed by atoms with Crippen molar-refractivity contribution in [3.05, 3.63) is 73.7 Å². The van der Waals surface area contributed by atoms with E-state index in [9.17, 15) is 49.1 Å². The predicted molar refractivity (Wildman–Crippen MR) is 133 cm³/mol. The van der Waals surface area contributed by atoms with Crippen LogP contribution in [-0.2, 0) is 11.0 Å². The van der Waals surface area contributed by atoms with Crippen molar-refractivity contribution < 1.29 is 49.1 Å². The third-order valence-electron chi connectivity index (χ3n) is 5.39. The maximum Gasteiger partial charge on any atom is 0.417 e. The van der Waals surface area contributed by atoms with Crippen molar-refractivity contribution >= 4 is 52.6 Å². The number of benzene rings is 2. The topological polar surface area (TPSA) is 46.2 Å². The van der Waals surface area contributed by atoms with E-state index < -0.39 is 78.1 Å². The van der Waals surface area contributed by atoms with Crippen LogP contribution in [0.2, 0.25) is 15.1 Å². The van der Waals surface area contributed by atoms with Crippen LogP contribution in [0, 0.1) is 0 Å². The fraction of sp³-hybridized carbons (Fsp3) is 0.360. The minimum absolute atomic E-state index is 0.180. The van der Waals surface area contributed by atoms with E-state index in [2.05, 4.69) is 5.32 Å². The largest absolute Gasteiger partial charge is 0.417 e. The molecule has 0 aliphatic rings. The molecule has 2 atom stereocenters. The third-order valence-corrected chi connectivity index (χ3v) is 6.59. The molecule has 0 aliphatic heterocycles. The second kappa shape index (κ2) is 13.0. The van der Waals surface area contributed by atoms with E-state index in [4.69, 9.17) is 34.8 Å². The highest BCUT2D eigenvalue weighted by Gasteiger charge is 2.40. The number of Topliss-reactive ketones (excluding diaryl/α,β-unsaturated/α-hetero) is 1. The summed E-state index contributed by atoms with van der Waals surface area (Å²) >= 11 is 17.4. The number of alkyl halides is 9. The summed E-state index contributed by atoms with van der Waals surface area (Å²) in [6, 6.07) is 2.90. The van der Waals surface area contributed by atoms with Gasteiger partial charge in [0.15, 0.2) is 0 Å². The van der Waals surface area contributed by atoms with E-state index in [0.717, 1.165) is 30.3 Å². The van der Waals surface area contributed by atoms with Crippen molar-refractivity contribution in [2.24, 2.45) is 0 Å². The van der Waals surface area contributed by atoms with Crippen LogP contribution in [0.1, 0.15) is 59.2 Å². The molecule has 1 amide bonds. The van der Waals surface area contributed by atoms with Crippen molar-refractivity contribution in [2.45, 2.75) is 56.7 Å². The third kappa shape index (κ3) is 9.88. The molecule has 1 unspecified atom stereocenters. The van der Waals surface area contributed by atoms with E-state index in [1.54, 1.807) is 0 Å². The second-order valence-corrected chi connectivity index (χ2v) is 9.90. The SMILES string of the molecule is C[C@H](CC(=O)CCC(F)(F)F)NC(=O)c1ccc(/C=C/C(c2cc(Cl)c(Cl)c(Cl)c2)C(F)(F)F)cc1C(F)(F)F. The lowest BCUT2D eigenvalue weighted by atomic mass is 9.96. The fourth-order valence-electron chi connectivity index (χ4n) is 3.55. The monoisotopic (exact) mass is 641 g/mol. The molecule has 2 aromatic carbocycles. The molecule has 40 heavy (non-hydrogen) atoms. The van der Waals surface area contributed by atoms with Gasteiger partial charge in [-0.2, -0.15) is 39.5 Å². The van der Waals surface area contributed by atoms with Crippen molar-refractivity contribution in [1.82, 2.24) is 5.32 Å². The molecule has 1 N–H and O–H groups in total. The van der Waals surface area contributed by atoms with E-state index in [1.807, 2.05) is 0 Å². The maximum absolute atomic E-state index is 13.7. The highest BCUT2D eigenvalue weighted by atomic mass is 35.5. The Morgan fingerprint density at radius 1 is 0.925 bits per heavy atom. The number of halogens is 12. The van der Waals surface area contributed by atoms with Gasteiger partial charge in [0, 0.05) is 18.9 Å². The Kier molecular flexibility index (Phi) is 11.0. The lowest BCUT2D eigenvalue weighted by Gasteiger charge is -2.19. The molecule has 0 radical (unpaired) electrons. The zero-order valence-electron chi connectivity index (χ0n) is 20.2. The number of ketones is 1. The van der Waals surface area contributed by atoms with Gasteiger partial charge in [0.25, 0.3) is 5.91 Å². The van der Waals surface area contributed by atoms with Gasteiger partial charge in [-0.1, -0.05) is 53.0 Å². The van der Waals surface area contributed by atoms with Gasteiger partial charge in [0.1, 0.15) is 5.78 Å². The molecule has 0 saturated carbocycles. The Morgan fingerprint density at radius 2 is 1.50 bits per heavy atom. The molecular weight excluding hydrogens is 624 g/mol. The number of carbonyl (C=O) groups excluding carboxylic acids is 2. The van der Waals surface area contributed by atoms with Gasteiger partial charge < -0.3 is 5.32 Å². The minimum Gasteiger partial charge on any atom is -0.349 e. The fourth-order valence-corrected chi connectivity index (χ4v) is 4.16. The predicted octanol–water partition coefficient (Wildman–Crippen LogP) is 9.44. The van der Waals surface area contributed by atoms with Crippen molar-refractivity contribution in [1.29, 1.82) is 0 Å². The summed E-state index contributed by atoms with van der Waals surface area (Å²) in [4.78, 5) is 24.2. The van der Waals surface area contributed by atoms with Gasteiger partial charge in [-0.15, -0.1) is 0 Å². The van der Waals surface area contributed by atoms with Gasteiger partial charge in [0.2, 0.25) is 0 Å². The first-order valence-electron chi connectivity index (χ1n) is 11.2. The van der Waals surface area contributed by atoms with E-state index in [1.165, 1.54) is 6.92 Å². The Bertz CT molecular complexity index is 1250. The van der Waals surface area contributed by atoms with Crippen LogP contribution < -0.4 is 5.32 Å². The first-order valence-corrected chi connectivity index (χ1v) is 12.3. The summed E-state index contributed by atoms with van der Waals surface area (Å²) < 4.78 is 119. The van der Waals surface area contributed by atoms with Crippen LogP contribution in [0.15, 0.2) is 36.4 Å². The van der Waals surface area contributed by atoms with Crippen molar-refractivity contribution in [3.63, 3.8) is 0 Å². The van der Waals surface area contributed by atoms with Crippen molar-refractivity contribution in [3.8, 4) is 0 Å². The normalized spacial score (nSPS) is 14.3. The van der Waals surface area contributed by atoms with Crippen LogP contribution in [0.5, 0.6) is 0 Å². The molecule has 3 nitrogen and oxygen atoms in total. The first-order chi connectivity index (χ1) is 18.2. The number of rotatable bonds is 9. The summed E-state index contributed by atoms with van der Waals surface area (Å²) in [5.41, 5.74) is -3.14. The summed E-state index contributed by atoms with van der Waals surface area (Å²) in [6.45, 7) is 1.22. The Balaban J connectivity index is 2.31. The standard InChI is InChI=1S/C25H19Cl3F9NO2/c1-12(8-15(39)6-7-23(29,30)31)38-22(40)16-4-2-13(9-18(16)25(35,36)37)3-5-17(24(32,33)34)14-10-19(26)21(28)20(27)11-14/h2-5,9-12,17H,6-8H2,1H3,(H,38,40)/b5-3+/t12-,17?/m1/s1. The Morgan fingerprint density at radius 3 is 2.00 bits per heavy atom. The lowest BCUT2D eigenvalue weighted by Crippen LogP contribution is -2.35. The van der Waals surface area contributed by atoms with E-state index in [-0.39, 0.29) is 20.6 Å². The van der Waals surface area contributed by atoms with Crippen LogP contribution in [-0.4, -0.2) is 30.1 Å². The number of amides is 1. The molecule has 2 rings (SSSR count). The summed E-state index contributed by atoms with van der Waals surface area (Å²) in [7, 11) is 0. The van der Waals surface area contributed by atoms with Crippen LogP contribution in [0.25, 0.3) is 6.08 Å². The van der Waals surface area contributed by atoms with E-state index >= 15 is 0 Å². The number of nitrogens with one attached hydrogen (secondary N) is 1. The van der Waals surface area contributed by atoms with E-state index in [0.29, 0.717) is 12.1 Å². The zero-order chi connectivity index (χ0) is 30.6. The number of hydrogen-bond donors (Lipinski definition) is 1. The molecule has 2 aromatic rings. The van der Waals surface area contributed by atoms with Crippen LogP contribution in [0.3, 0.4) is 0 Å². The van der Waals surface area contributed by atoms with Crippen LogP contribution in [0.4, 0.5) is 39.5 Å². The number of hydrogen-bond acceptors (Lipinski definition) is 2.